The summed E-state index contributed by atoms with van der Waals surface area (Å²) in [6, 6.07) is 0.0185. The van der Waals surface area contributed by atoms with E-state index in [4.69, 9.17) is 0 Å². The molecule has 0 atom stereocenters. The summed E-state index contributed by atoms with van der Waals surface area (Å²) in [5.74, 6) is -0.191. The Labute approximate surface area is 123 Å². The number of nitrogens with one attached hydrogen (secondary N) is 1. The van der Waals surface area contributed by atoms with E-state index in [0.29, 0.717) is 13.0 Å². The van der Waals surface area contributed by atoms with Crippen molar-refractivity contribution in [1.29, 1.82) is 0 Å². The summed E-state index contributed by atoms with van der Waals surface area (Å²) in [6.45, 7) is 6.52. The van der Waals surface area contributed by atoms with Crippen LogP contribution in [0.3, 0.4) is 0 Å². The van der Waals surface area contributed by atoms with Gasteiger partial charge in [0.15, 0.2) is 0 Å². The van der Waals surface area contributed by atoms with Crippen LogP contribution in [0, 0.1) is 0 Å². The molecule has 5 heteroatoms. The van der Waals surface area contributed by atoms with Crippen LogP contribution in [0.5, 0.6) is 0 Å². The molecule has 118 valence electrons. The van der Waals surface area contributed by atoms with Crippen LogP contribution in [0.1, 0.15) is 58.8 Å². The Morgan fingerprint density at radius 1 is 1.00 bits per heavy atom. The summed E-state index contributed by atoms with van der Waals surface area (Å²) >= 11 is 0. The summed E-state index contributed by atoms with van der Waals surface area (Å²) in [6.07, 6.45) is 6.23. The molecule has 0 aromatic carbocycles. The van der Waals surface area contributed by atoms with Crippen LogP contribution in [-0.4, -0.2) is 43.6 Å². The van der Waals surface area contributed by atoms with Crippen molar-refractivity contribution < 1.29 is 14.3 Å². The van der Waals surface area contributed by atoms with Gasteiger partial charge in [-0.25, -0.2) is 4.79 Å². The lowest BCUT2D eigenvalue weighted by atomic mass is 10.2. The highest BCUT2D eigenvalue weighted by atomic mass is 16.5. The van der Waals surface area contributed by atoms with Crippen LogP contribution in [0.15, 0.2) is 0 Å². The summed E-state index contributed by atoms with van der Waals surface area (Å²) in [7, 11) is 1.39. The van der Waals surface area contributed by atoms with Crippen LogP contribution in [0.4, 0.5) is 4.79 Å². The van der Waals surface area contributed by atoms with Crippen molar-refractivity contribution in [3.63, 3.8) is 0 Å². The minimum Gasteiger partial charge on any atom is -0.469 e. The number of urea groups is 1. The minimum atomic E-state index is -0.191. The van der Waals surface area contributed by atoms with Gasteiger partial charge >= 0.3 is 12.0 Å². The number of carbonyl (C=O) groups is 2. The van der Waals surface area contributed by atoms with Gasteiger partial charge in [-0.3, -0.25) is 4.79 Å². The Morgan fingerprint density at radius 2 is 1.60 bits per heavy atom. The van der Waals surface area contributed by atoms with E-state index in [9.17, 15) is 9.59 Å². The highest BCUT2D eigenvalue weighted by Crippen LogP contribution is 2.01. The first-order valence-corrected chi connectivity index (χ1v) is 7.75. The number of methoxy groups -OCH3 is 1. The molecule has 0 bridgehead atoms. The number of unbranched alkanes of at least 4 members (excludes halogenated alkanes) is 3. The second-order valence-electron chi connectivity index (χ2n) is 4.96. The number of rotatable bonds is 11. The van der Waals surface area contributed by atoms with E-state index >= 15 is 0 Å². The maximum Gasteiger partial charge on any atom is 0.317 e. The first kappa shape index (κ1) is 18.7. The van der Waals surface area contributed by atoms with E-state index in [2.05, 4.69) is 23.9 Å². The van der Waals surface area contributed by atoms with Gasteiger partial charge in [-0.1, -0.05) is 26.7 Å². The predicted octanol–water partition coefficient (Wildman–Crippen LogP) is 2.94. The number of amides is 2. The molecule has 0 unspecified atom stereocenters. The second kappa shape index (κ2) is 12.8. The molecule has 0 heterocycles. The van der Waals surface area contributed by atoms with Crippen molar-refractivity contribution in [2.45, 2.75) is 58.8 Å². The summed E-state index contributed by atoms with van der Waals surface area (Å²) in [5, 5.41) is 2.93. The zero-order chi connectivity index (χ0) is 15.2. The van der Waals surface area contributed by atoms with Gasteiger partial charge in [-0.2, -0.15) is 0 Å². The molecule has 5 nitrogen and oxygen atoms in total. The van der Waals surface area contributed by atoms with Crippen molar-refractivity contribution >= 4 is 12.0 Å². The Kier molecular flexibility index (Phi) is 12.0. The van der Waals surface area contributed by atoms with Gasteiger partial charge in [0.25, 0.3) is 0 Å². The summed E-state index contributed by atoms with van der Waals surface area (Å²) in [5.41, 5.74) is 0. The molecular weight excluding hydrogens is 256 g/mol. The van der Waals surface area contributed by atoms with Crippen LogP contribution < -0.4 is 5.32 Å². The first-order chi connectivity index (χ1) is 9.65. The topological polar surface area (TPSA) is 58.6 Å². The van der Waals surface area contributed by atoms with E-state index in [1.165, 1.54) is 7.11 Å². The number of hydrogen-bond donors (Lipinski definition) is 1. The molecule has 0 rings (SSSR count). The van der Waals surface area contributed by atoms with E-state index in [-0.39, 0.29) is 12.0 Å². The van der Waals surface area contributed by atoms with Gasteiger partial charge in [0.05, 0.1) is 7.11 Å². The lowest BCUT2D eigenvalue weighted by Crippen LogP contribution is -2.41. The lowest BCUT2D eigenvalue weighted by molar-refractivity contribution is -0.140. The van der Waals surface area contributed by atoms with Gasteiger partial charge in [0.1, 0.15) is 0 Å². The van der Waals surface area contributed by atoms with Gasteiger partial charge in [0.2, 0.25) is 0 Å². The quantitative estimate of drug-likeness (QED) is 0.469. The van der Waals surface area contributed by atoms with Crippen LogP contribution in [-0.2, 0) is 9.53 Å². The molecule has 0 spiro atoms. The van der Waals surface area contributed by atoms with E-state index in [1.807, 2.05) is 4.90 Å². The maximum atomic E-state index is 12.0. The Hall–Kier alpha value is -1.26. The fourth-order valence-corrected chi connectivity index (χ4v) is 1.82. The molecule has 0 aliphatic carbocycles. The molecule has 0 saturated heterocycles. The van der Waals surface area contributed by atoms with Crippen LogP contribution in [0.2, 0.25) is 0 Å². The van der Waals surface area contributed by atoms with Crippen molar-refractivity contribution in [2.24, 2.45) is 0 Å². The highest BCUT2D eigenvalue weighted by molar-refractivity contribution is 5.74. The molecule has 0 aromatic heterocycles. The maximum absolute atomic E-state index is 12.0. The summed E-state index contributed by atoms with van der Waals surface area (Å²) in [4.78, 5) is 24.9. The van der Waals surface area contributed by atoms with Crippen LogP contribution in [0.25, 0.3) is 0 Å². The molecule has 20 heavy (non-hydrogen) atoms. The molecular formula is C15H30N2O3. The Balaban J connectivity index is 3.84. The number of ether oxygens (including phenoxy) is 1. The smallest absolute Gasteiger partial charge is 0.317 e. The highest BCUT2D eigenvalue weighted by Gasteiger charge is 2.11. The standard InChI is InChI=1S/C15H30N2O3/c1-4-6-12-17(13-7-5-2)15(19)16-11-9-8-10-14(18)20-3/h4-13H2,1-3H3,(H,16,19). The lowest BCUT2D eigenvalue weighted by Gasteiger charge is -2.22. The minimum absolute atomic E-state index is 0.0185. The molecule has 2 amide bonds. The SMILES string of the molecule is CCCCN(CCCC)C(=O)NCCCCC(=O)OC. The van der Waals surface area contributed by atoms with Gasteiger partial charge < -0.3 is 15.0 Å². The Bertz CT molecular complexity index is 262. The van der Waals surface area contributed by atoms with Crippen LogP contribution >= 0.6 is 0 Å². The van der Waals surface area contributed by atoms with Gasteiger partial charge in [-0.15, -0.1) is 0 Å². The third-order valence-electron chi connectivity index (χ3n) is 3.16. The fraction of sp³-hybridized carbons (Fsp3) is 0.867. The molecule has 0 aromatic rings. The van der Waals surface area contributed by atoms with E-state index in [0.717, 1.165) is 51.6 Å². The number of hydrogen-bond acceptors (Lipinski definition) is 3. The number of nitrogens with zero attached hydrogens (tertiary/aromatic N) is 1. The number of carbonyl (C=O) groups excluding carboxylic acids is 2. The zero-order valence-electron chi connectivity index (χ0n) is 13.2. The predicted molar refractivity (Wildman–Crippen MR) is 80.7 cm³/mol. The number of esters is 1. The van der Waals surface area contributed by atoms with Gasteiger partial charge in [0, 0.05) is 26.1 Å². The van der Waals surface area contributed by atoms with E-state index < -0.39 is 0 Å². The molecule has 0 saturated carbocycles. The normalized spacial score (nSPS) is 10.2. The van der Waals surface area contributed by atoms with Gasteiger partial charge in [-0.05, 0) is 25.7 Å². The molecule has 0 fully saturated rings. The average molecular weight is 286 g/mol. The van der Waals surface area contributed by atoms with Crippen molar-refractivity contribution in [1.82, 2.24) is 10.2 Å². The molecule has 0 aliphatic heterocycles. The zero-order valence-corrected chi connectivity index (χ0v) is 13.2. The average Bonchev–Trinajstić information content (AvgIpc) is 2.46. The molecule has 0 aliphatic rings. The molecule has 1 N–H and O–H groups in total. The second-order valence-corrected chi connectivity index (χ2v) is 4.96. The third kappa shape index (κ3) is 9.64. The van der Waals surface area contributed by atoms with E-state index in [1.54, 1.807) is 0 Å². The third-order valence-corrected chi connectivity index (χ3v) is 3.16. The largest absolute Gasteiger partial charge is 0.469 e. The summed E-state index contributed by atoms with van der Waals surface area (Å²) < 4.78 is 4.57. The van der Waals surface area contributed by atoms with Crippen molar-refractivity contribution in [3.05, 3.63) is 0 Å². The molecule has 0 radical (unpaired) electrons. The van der Waals surface area contributed by atoms with Crippen molar-refractivity contribution in [2.75, 3.05) is 26.7 Å². The van der Waals surface area contributed by atoms with Crippen molar-refractivity contribution in [3.8, 4) is 0 Å². The first-order valence-electron chi connectivity index (χ1n) is 7.75. The monoisotopic (exact) mass is 286 g/mol. The Morgan fingerprint density at radius 3 is 2.10 bits per heavy atom. The fourth-order valence-electron chi connectivity index (χ4n) is 1.82.